The van der Waals surface area contributed by atoms with Gasteiger partial charge in [0, 0.05) is 18.5 Å². The number of fused-ring (bicyclic) bond motifs is 1. The lowest BCUT2D eigenvalue weighted by atomic mass is 10.1. The lowest BCUT2D eigenvalue weighted by Gasteiger charge is -2.15. The second-order valence-corrected chi connectivity index (χ2v) is 6.31. The van der Waals surface area contributed by atoms with Gasteiger partial charge in [-0.1, -0.05) is 11.6 Å². The van der Waals surface area contributed by atoms with Crippen LogP contribution in [-0.2, 0) is 11.3 Å². The first kappa shape index (κ1) is 17.3. The molecular weight excluding hydrogens is 292 g/mol. The summed E-state index contributed by atoms with van der Waals surface area (Å²) in [6.07, 6.45) is -0.0215. The first-order valence-corrected chi connectivity index (χ1v) is 7.87. The van der Waals surface area contributed by atoms with Crippen molar-refractivity contribution in [1.29, 1.82) is 0 Å². The van der Waals surface area contributed by atoms with Crippen molar-refractivity contribution in [3.05, 3.63) is 29.5 Å². The van der Waals surface area contributed by atoms with Crippen molar-refractivity contribution in [3.8, 4) is 5.75 Å². The molecule has 2 aromatic rings. The minimum absolute atomic E-state index is 0.0215. The number of hydrogen-bond acceptors (Lipinski definition) is 4. The fourth-order valence-corrected chi connectivity index (χ4v) is 2.62. The van der Waals surface area contributed by atoms with Crippen molar-refractivity contribution < 1.29 is 14.3 Å². The highest BCUT2D eigenvalue weighted by atomic mass is 16.5. The van der Waals surface area contributed by atoms with Crippen molar-refractivity contribution >= 4 is 16.9 Å². The molecule has 5 heteroatoms. The van der Waals surface area contributed by atoms with Gasteiger partial charge in [0.1, 0.15) is 0 Å². The zero-order valence-electron chi connectivity index (χ0n) is 14.8. The Morgan fingerprint density at radius 2 is 2.00 bits per heavy atom. The van der Waals surface area contributed by atoms with Gasteiger partial charge in [-0.2, -0.15) is 0 Å². The molecule has 1 aromatic heterocycles. The average molecular weight is 318 g/mol. The predicted molar refractivity (Wildman–Crippen MR) is 92.3 cm³/mol. The third-order valence-electron chi connectivity index (χ3n) is 3.68. The quantitative estimate of drug-likeness (QED) is 0.768. The molecule has 0 atom stereocenters. The van der Waals surface area contributed by atoms with Crippen LogP contribution in [0.15, 0.2) is 18.2 Å². The maximum Gasteiger partial charge on any atom is 0.358 e. The largest absolute Gasteiger partial charge is 0.488 e. The number of hydrogen-bond donors (Lipinski definition) is 0. The molecule has 0 unspecified atom stereocenters. The summed E-state index contributed by atoms with van der Waals surface area (Å²) in [5, 5.41) is 0.956. The van der Waals surface area contributed by atoms with Crippen LogP contribution in [0.1, 0.15) is 29.9 Å². The standard InChI is InChI=1S/C18H26N2O3/c1-12(2)23-17-14-11-13(3)7-8-15(14)20(10-9-19(4)5)16(17)18(21)22-6/h7-8,11-12H,9-10H2,1-6H3. The molecule has 0 spiro atoms. The van der Waals surface area contributed by atoms with E-state index >= 15 is 0 Å². The van der Waals surface area contributed by atoms with Crippen molar-refractivity contribution in [1.82, 2.24) is 9.47 Å². The Morgan fingerprint density at radius 3 is 2.57 bits per heavy atom. The van der Waals surface area contributed by atoms with Crippen LogP contribution < -0.4 is 4.74 Å². The Hall–Kier alpha value is -2.01. The molecule has 0 saturated heterocycles. The van der Waals surface area contributed by atoms with Gasteiger partial charge in [-0.3, -0.25) is 0 Å². The fourth-order valence-electron chi connectivity index (χ4n) is 2.62. The Morgan fingerprint density at radius 1 is 1.30 bits per heavy atom. The van der Waals surface area contributed by atoms with Gasteiger partial charge in [0.15, 0.2) is 11.4 Å². The third kappa shape index (κ3) is 3.67. The van der Waals surface area contributed by atoms with Gasteiger partial charge >= 0.3 is 5.97 Å². The molecule has 23 heavy (non-hydrogen) atoms. The SMILES string of the molecule is COC(=O)c1c(OC(C)C)c2cc(C)ccc2n1CCN(C)C. The number of aromatic nitrogens is 1. The minimum atomic E-state index is -0.367. The monoisotopic (exact) mass is 318 g/mol. The summed E-state index contributed by atoms with van der Waals surface area (Å²) in [4.78, 5) is 14.5. The van der Waals surface area contributed by atoms with E-state index in [-0.39, 0.29) is 12.1 Å². The van der Waals surface area contributed by atoms with Crippen LogP contribution in [0.2, 0.25) is 0 Å². The van der Waals surface area contributed by atoms with Crippen LogP contribution >= 0.6 is 0 Å². The maximum atomic E-state index is 12.4. The molecule has 2 rings (SSSR count). The molecule has 1 aromatic carbocycles. The summed E-state index contributed by atoms with van der Waals surface area (Å²) >= 11 is 0. The molecule has 0 aliphatic heterocycles. The molecule has 0 bridgehead atoms. The fraction of sp³-hybridized carbons (Fsp3) is 0.500. The van der Waals surface area contributed by atoms with E-state index in [4.69, 9.17) is 9.47 Å². The van der Waals surface area contributed by atoms with Crippen LogP contribution in [0.5, 0.6) is 5.75 Å². The van der Waals surface area contributed by atoms with Crippen molar-refractivity contribution in [2.24, 2.45) is 0 Å². The van der Waals surface area contributed by atoms with Gasteiger partial charge in [-0.25, -0.2) is 4.79 Å². The summed E-state index contributed by atoms with van der Waals surface area (Å²) in [5.41, 5.74) is 2.62. The van der Waals surface area contributed by atoms with Crippen LogP contribution in [0.3, 0.4) is 0 Å². The van der Waals surface area contributed by atoms with Gasteiger partial charge in [-0.15, -0.1) is 0 Å². The second kappa shape index (κ2) is 7.04. The van der Waals surface area contributed by atoms with E-state index in [0.29, 0.717) is 18.0 Å². The number of methoxy groups -OCH3 is 1. The smallest absolute Gasteiger partial charge is 0.358 e. The molecule has 0 aliphatic carbocycles. The number of ether oxygens (including phenoxy) is 2. The Bertz CT molecular complexity index is 702. The molecule has 0 radical (unpaired) electrons. The van der Waals surface area contributed by atoms with E-state index in [1.807, 2.05) is 45.5 Å². The first-order valence-electron chi connectivity index (χ1n) is 7.87. The molecule has 0 N–H and O–H groups in total. The van der Waals surface area contributed by atoms with E-state index in [1.165, 1.54) is 7.11 Å². The lowest BCUT2D eigenvalue weighted by molar-refractivity contribution is 0.0581. The van der Waals surface area contributed by atoms with E-state index in [0.717, 1.165) is 23.0 Å². The average Bonchev–Trinajstić information content (AvgIpc) is 2.77. The summed E-state index contributed by atoms with van der Waals surface area (Å²) < 4.78 is 13.0. The number of rotatable bonds is 6. The number of benzene rings is 1. The van der Waals surface area contributed by atoms with E-state index in [9.17, 15) is 4.79 Å². The van der Waals surface area contributed by atoms with Gasteiger partial charge in [0.05, 0.1) is 18.7 Å². The highest BCUT2D eigenvalue weighted by Crippen LogP contribution is 2.35. The molecule has 0 fully saturated rings. The summed E-state index contributed by atoms with van der Waals surface area (Å²) in [5.74, 6) is 0.248. The number of likely N-dealkylation sites (N-methyl/N-ethyl adjacent to an activating group) is 1. The molecule has 0 aliphatic rings. The van der Waals surface area contributed by atoms with Crippen molar-refractivity contribution in [2.75, 3.05) is 27.7 Å². The zero-order valence-corrected chi connectivity index (χ0v) is 14.8. The number of carbonyl (C=O) groups is 1. The predicted octanol–water partition coefficient (Wildman–Crippen LogP) is 3.09. The summed E-state index contributed by atoms with van der Waals surface area (Å²) in [7, 11) is 5.43. The number of carbonyl (C=O) groups excluding carboxylic acids is 1. The first-order chi connectivity index (χ1) is 10.8. The van der Waals surface area contributed by atoms with Gasteiger partial charge in [0.2, 0.25) is 0 Å². The molecule has 0 amide bonds. The van der Waals surface area contributed by atoms with Crippen LogP contribution in [-0.4, -0.2) is 49.3 Å². The Labute approximate surface area is 137 Å². The van der Waals surface area contributed by atoms with Crippen molar-refractivity contribution in [3.63, 3.8) is 0 Å². The van der Waals surface area contributed by atoms with Crippen LogP contribution in [0.4, 0.5) is 0 Å². The van der Waals surface area contributed by atoms with E-state index in [1.54, 1.807) is 0 Å². The van der Waals surface area contributed by atoms with E-state index in [2.05, 4.69) is 17.0 Å². The van der Waals surface area contributed by atoms with Crippen LogP contribution in [0.25, 0.3) is 10.9 Å². The summed E-state index contributed by atoms with van der Waals surface area (Å²) in [6, 6.07) is 6.15. The molecule has 0 saturated carbocycles. The molecule has 1 heterocycles. The third-order valence-corrected chi connectivity index (χ3v) is 3.68. The maximum absolute atomic E-state index is 12.4. The van der Waals surface area contributed by atoms with Crippen LogP contribution in [0, 0.1) is 6.92 Å². The number of nitrogens with zero attached hydrogens (tertiary/aromatic N) is 2. The normalized spacial score (nSPS) is 11.5. The highest BCUT2D eigenvalue weighted by molar-refractivity contribution is 6.02. The molecule has 5 nitrogen and oxygen atoms in total. The molecule has 126 valence electrons. The minimum Gasteiger partial charge on any atom is -0.488 e. The topological polar surface area (TPSA) is 43.7 Å². The van der Waals surface area contributed by atoms with Gasteiger partial charge < -0.3 is 18.9 Å². The Kier molecular flexibility index (Phi) is 5.31. The van der Waals surface area contributed by atoms with Crippen molar-refractivity contribution in [2.45, 2.75) is 33.4 Å². The number of aryl methyl sites for hydroxylation is 1. The number of esters is 1. The zero-order chi connectivity index (χ0) is 17.1. The lowest BCUT2D eigenvalue weighted by Crippen LogP contribution is -2.21. The summed E-state index contributed by atoms with van der Waals surface area (Å²) in [6.45, 7) is 7.47. The highest BCUT2D eigenvalue weighted by Gasteiger charge is 2.25. The van der Waals surface area contributed by atoms with E-state index < -0.39 is 0 Å². The second-order valence-electron chi connectivity index (χ2n) is 6.31. The molecular formula is C18H26N2O3. The van der Waals surface area contributed by atoms with Gasteiger partial charge in [0.25, 0.3) is 0 Å². The Balaban J connectivity index is 2.70. The van der Waals surface area contributed by atoms with Gasteiger partial charge in [-0.05, 0) is 47.0 Å².